The number of aliphatic hydroxyl groups is 1. The minimum Gasteiger partial charge on any atom is -0.393 e. The third-order valence-corrected chi connectivity index (χ3v) is 4.36. The van der Waals surface area contributed by atoms with E-state index >= 15 is 0 Å². The van der Waals surface area contributed by atoms with Gasteiger partial charge in [0.2, 0.25) is 0 Å². The first-order valence-electron chi connectivity index (χ1n) is 6.66. The van der Waals surface area contributed by atoms with Crippen LogP contribution >= 0.6 is 7.82 Å². The molecule has 3 rings (SSSR count). The molecule has 2 aromatic heterocycles. The van der Waals surface area contributed by atoms with Crippen molar-refractivity contribution in [3.05, 3.63) is 12.7 Å². The van der Waals surface area contributed by atoms with Crippen molar-refractivity contribution >= 4 is 24.8 Å². The highest BCUT2D eigenvalue weighted by molar-refractivity contribution is 7.46. The minimum absolute atomic E-state index is 0.0975. The Morgan fingerprint density at radius 2 is 2.14 bits per heavy atom. The summed E-state index contributed by atoms with van der Waals surface area (Å²) < 4.78 is 17.1. The van der Waals surface area contributed by atoms with Gasteiger partial charge in [-0.3, -0.25) is 4.52 Å². The smallest absolute Gasteiger partial charge is 0.393 e. The topological polar surface area (TPSA) is 157 Å². The quantitative estimate of drug-likeness (QED) is 0.559. The molecule has 0 bridgehead atoms. The van der Waals surface area contributed by atoms with Crippen molar-refractivity contribution in [3.63, 3.8) is 0 Å². The molecular formula is C11H16N5O5P. The van der Waals surface area contributed by atoms with Crippen LogP contribution in [0.4, 0.5) is 5.82 Å². The van der Waals surface area contributed by atoms with Gasteiger partial charge in [-0.1, -0.05) is 0 Å². The van der Waals surface area contributed by atoms with E-state index in [1.165, 1.54) is 6.33 Å². The molecule has 10 nitrogen and oxygen atoms in total. The SMILES string of the molecule is Nc1ncnc2c1ncn2C1CC(O)C(COP(=O)(O)O)C1. The molecule has 1 fully saturated rings. The Hall–Kier alpha value is -1.58. The lowest BCUT2D eigenvalue weighted by Crippen LogP contribution is -2.18. The van der Waals surface area contributed by atoms with E-state index in [1.54, 1.807) is 10.9 Å². The highest BCUT2D eigenvalue weighted by atomic mass is 31.2. The van der Waals surface area contributed by atoms with Crippen molar-refractivity contribution in [1.29, 1.82) is 0 Å². The van der Waals surface area contributed by atoms with Gasteiger partial charge in [-0.2, -0.15) is 0 Å². The Morgan fingerprint density at radius 3 is 2.86 bits per heavy atom. The number of aliphatic hydroxyl groups excluding tert-OH is 1. The number of anilines is 1. The molecule has 0 aliphatic heterocycles. The number of nitrogen functional groups attached to an aromatic ring is 1. The fourth-order valence-corrected chi connectivity index (χ4v) is 3.20. The number of hydrogen-bond donors (Lipinski definition) is 4. The molecule has 1 aliphatic rings. The Balaban J connectivity index is 1.78. The van der Waals surface area contributed by atoms with E-state index in [0.29, 0.717) is 24.0 Å². The number of phosphoric acid groups is 1. The van der Waals surface area contributed by atoms with Crippen LogP contribution in [-0.2, 0) is 9.09 Å². The summed E-state index contributed by atoms with van der Waals surface area (Å²) >= 11 is 0. The highest BCUT2D eigenvalue weighted by Gasteiger charge is 2.36. The van der Waals surface area contributed by atoms with Gasteiger partial charge in [0.05, 0.1) is 19.0 Å². The maximum absolute atomic E-state index is 10.8. The van der Waals surface area contributed by atoms with Gasteiger partial charge >= 0.3 is 7.82 Å². The molecule has 11 heteroatoms. The molecule has 0 saturated heterocycles. The second kappa shape index (κ2) is 5.56. The number of nitrogens with zero attached hydrogens (tertiary/aromatic N) is 4. The van der Waals surface area contributed by atoms with Crippen molar-refractivity contribution in [3.8, 4) is 0 Å². The van der Waals surface area contributed by atoms with Crippen LogP contribution in [0.15, 0.2) is 12.7 Å². The third-order valence-electron chi connectivity index (χ3n) is 3.87. The predicted octanol–water partition coefficient (Wildman–Crippen LogP) is -0.170. The normalized spacial score (nSPS) is 25.9. The molecule has 2 aromatic rings. The number of aromatic nitrogens is 4. The lowest BCUT2D eigenvalue weighted by Gasteiger charge is -2.14. The molecular weight excluding hydrogens is 313 g/mol. The van der Waals surface area contributed by atoms with E-state index in [9.17, 15) is 9.67 Å². The zero-order valence-corrected chi connectivity index (χ0v) is 12.4. The third kappa shape index (κ3) is 2.96. The zero-order valence-electron chi connectivity index (χ0n) is 11.5. The van der Waals surface area contributed by atoms with Gasteiger partial charge in [0.25, 0.3) is 0 Å². The average molecular weight is 329 g/mol. The van der Waals surface area contributed by atoms with Crippen molar-refractivity contribution in [2.75, 3.05) is 12.3 Å². The fourth-order valence-electron chi connectivity index (χ4n) is 2.81. The van der Waals surface area contributed by atoms with E-state index < -0.39 is 13.9 Å². The van der Waals surface area contributed by atoms with Crippen LogP contribution < -0.4 is 5.73 Å². The Labute approximate surface area is 125 Å². The number of phosphoric ester groups is 1. The summed E-state index contributed by atoms with van der Waals surface area (Å²) in [7, 11) is -4.54. The molecule has 1 aliphatic carbocycles. The Kier molecular flexibility index (Phi) is 3.87. The van der Waals surface area contributed by atoms with E-state index in [1.807, 2.05) is 0 Å². The zero-order chi connectivity index (χ0) is 15.9. The lowest BCUT2D eigenvalue weighted by molar-refractivity contribution is 0.0844. The van der Waals surface area contributed by atoms with Gasteiger partial charge in [0.15, 0.2) is 11.5 Å². The van der Waals surface area contributed by atoms with Gasteiger partial charge < -0.3 is 25.2 Å². The summed E-state index contributed by atoms with van der Waals surface area (Å²) in [4.78, 5) is 29.7. The number of hydrogen-bond acceptors (Lipinski definition) is 7. The largest absolute Gasteiger partial charge is 0.469 e. The molecule has 22 heavy (non-hydrogen) atoms. The highest BCUT2D eigenvalue weighted by Crippen LogP contribution is 2.41. The maximum Gasteiger partial charge on any atom is 0.469 e. The fraction of sp³-hybridized carbons (Fsp3) is 0.545. The van der Waals surface area contributed by atoms with E-state index in [2.05, 4.69) is 19.5 Å². The Morgan fingerprint density at radius 1 is 1.36 bits per heavy atom. The molecule has 0 radical (unpaired) electrons. The van der Waals surface area contributed by atoms with E-state index in [-0.39, 0.29) is 24.4 Å². The lowest BCUT2D eigenvalue weighted by atomic mass is 10.1. The Bertz CT molecular complexity index is 731. The number of nitrogens with two attached hydrogens (primary N) is 1. The van der Waals surface area contributed by atoms with Gasteiger partial charge in [-0.15, -0.1) is 0 Å². The van der Waals surface area contributed by atoms with Crippen LogP contribution in [0.5, 0.6) is 0 Å². The summed E-state index contributed by atoms with van der Waals surface area (Å²) in [6.45, 7) is -0.203. The first kappa shape index (κ1) is 15.3. The summed E-state index contributed by atoms with van der Waals surface area (Å²) in [5.41, 5.74) is 6.80. The van der Waals surface area contributed by atoms with Gasteiger partial charge in [-0.05, 0) is 12.8 Å². The van der Waals surface area contributed by atoms with Crippen LogP contribution in [0.3, 0.4) is 0 Å². The summed E-state index contributed by atoms with van der Waals surface area (Å²) in [6.07, 6.45) is 3.13. The van der Waals surface area contributed by atoms with Crippen LogP contribution in [0.1, 0.15) is 18.9 Å². The van der Waals surface area contributed by atoms with E-state index in [4.69, 9.17) is 15.5 Å². The van der Waals surface area contributed by atoms with E-state index in [0.717, 1.165) is 0 Å². The number of fused-ring (bicyclic) bond motifs is 1. The van der Waals surface area contributed by atoms with Crippen molar-refractivity contribution in [1.82, 2.24) is 19.5 Å². The first-order chi connectivity index (χ1) is 10.3. The number of rotatable bonds is 4. The van der Waals surface area contributed by atoms with Gasteiger partial charge in [-0.25, -0.2) is 19.5 Å². The maximum atomic E-state index is 10.8. The van der Waals surface area contributed by atoms with Crippen molar-refractivity contribution < 1.29 is 24.0 Å². The molecule has 0 aromatic carbocycles. The summed E-state index contributed by atoms with van der Waals surface area (Å²) in [5.74, 6) is -0.0852. The predicted molar refractivity (Wildman–Crippen MR) is 75.5 cm³/mol. The van der Waals surface area contributed by atoms with Crippen LogP contribution in [-0.4, -0.2) is 47.1 Å². The summed E-state index contributed by atoms with van der Waals surface area (Å²) in [5, 5.41) is 10.1. The molecule has 3 atom stereocenters. The van der Waals surface area contributed by atoms with Crippen molar-refractivity contribution in [2.24, 2.45) is 5.92 Å². The number of imidazole rings is 1. The standard InChI is InChI=1S/C11H16N5O5P/c12-10-9-11(14-4-13-10)16(5-15-9)7-1-6(8(17)2-7)3-21-22(18,19)20/h4-8,17H,1-3H2,(H2,12,13,14)(H2,18,19,20). The van der Waals surface area contributed by atoms with Gasteiger partial charge in [0, 0.05) is 12.0 Å². The second-order valence-corrected chi connectivity index (χ2v) is 6.56. The van der Waals surface area contributed by atoms with Crippen molar-refractivity contribution in [2.45, 2.75) is 25.0 Å². The van der Waals surface area contributed by atoms with Crippen LogP contribution in [0.25, 0.3) is 11.2 Å². The molecule has 1 saturated carbocycles. The minimum atomic E-state index is -4.54. The monoisotopic (exact) mass is 329 g/mol. The molecule has 0 amide bonds. The molecule has 2 heterocycles. The second-order valence-electron chi connectivity index (χ2n) is 5.32. The van der Waals surface area contributed by atoms with Crippen LogP contribution in [0.2, 0.25) is 0 Å². The average Bonchev–Trinajstić information content (AvgIpc) is 3.00. The van der Waals surface area contributed by atoms with Gasteiger partial charge in [0.1, 0.15) is 11.8 Å². The molecule has 120 valence electrons. The first-order valence-corrected chi connectivity index (χ1v) is 8.19. The summed E-state index contributed by atoms with van der Waals surface area (Å²) in [6, 6.07) is -0.0975. The molecule has 5 N–H and O–H groups in total. The van der Waals surface area contributed by atoms with Crippen LogP contribution in [0, 0.1) is 5.92 Å². The molecule has 0 spiro atoms. The molecule has 3 unspecified atom stereocenters.